The molecule has 1 aromatic heterocycles. The van der Waals surface area contributed by atoms with Crippen LogP contribution < -0.4 is 5.69 Å². The van der Waals surface area contributed by atoms with Crippen molar-refractivity contribution in [1.82, 2.24) is 19.7 Å². The first kappa shape index (κ1) is 15.6. The van der Waals surface area contributed by atoms with Gasteiger partial charge in [0.05, 0.1) is 12.3 Å². The Balaban J connectivity index is 1.92. The van der Waals surface area contributed by atoms with E-state index in [0.717, 1.165) is 16.7 Å². The first-order chi connectivity index (χ1) is 10.1. The normalized spacial score (nSPS) is 14.5. The Kier molecular flexibility index (Phi) is 5.39. The number of imide groups is 1. The van der Waals surface area contributed by atoms with Crippen molar-refractivity contribution in [2.45, 2.75) is 18.1 Å². The molecule has 10 heteroatoms. The van der Waals surface area contributed by atoms with Crippen LogP contribution in [-0.4, -0.2) is 64.3 Å². The van der Waals surface area contributed by atoms with Crippen LogP contribution in [0.1, 0.15) is 6.42 Å². The highest BCUT2D eigenvalue weighted by Crippen LogP contribution is 2.15. The Hall–Kier alpha value is -1.81. The van der Waals surface area contributed by atoms with Gasteiger partial charge in [0.1, 0.15) is 6.61 Å². The van der Waals surface area contributed by atoms with Gasteiger partial charge >= 0.3 is 11.8 Å². The number of hydrogen-bond donors (Lipinski definition) is 1. The number of carbonyl (C=O) groups excluding carboxylic acids is 2. The molecule has 0 atom stereocenters. The monoisotopic (exact) mass is 316 g/mol. The topological polar surface area (TPSA) is 107 Å². The van der Waals surface area contributed by atoms with Crippen LogP contribution in [0.25, 0.3) is 0 Å². The Bertz CT molecular complexity index is 569. The molecule has 0 spiro atoms. The average Bonchev–Trinajstić information content (AvgIpc) is 3.04. The molecule has 116 valence electrons. The van der Waals surface area contributed by atoms with Gasteiger partial charge in [-0.15, -0.1) is 5.10 Å². The standard InChI is InChI=1S/C11H16N4O5S/c1-19-5-2-3-15-9(17)12-13-10(15)21-7-8(16)14-4-6-20-11(14)18/h2-7H2,1H3,(H,12,17). The number of methoxy groups -OCH3 is 1. The van der Waals surface area contributed by atoms with Crippen molar-refractivity contribution < 1.29 is 19.1 Å². The van der Waals surface area contributed by atoms with Crippen LogP contribution in [0.4, 0.5) is 4.79 Å². The van der Waals surface area contributed by atoms with Gasteiger partial charge in [-0.1, -0.05) is 11.8 Å². The molecule has 1 N–H and O–H groups in total. The predicted molar refractivity (Wildman–Crippen MR) is 73.1 cm³/mol. The first-order valence-electron chi connectivity index (χ1n) is 6.37. The van der Waals surface area contributed by atoms with Gasteiger partial charge in [0, 0.05) is 20.3 Å². The summed E-state index contributed by atoms with van der Waals surface area (Å²) in [5.74, 6) is -0.342. The van der Waals surface area contributed by atoms with Crippen molar-refractivity contribution in [2.75, 3.05) is 32.6 Å². The zero-order valence-electron chi connectivity index (χ0n) is 11.5. The van der Waals surface area contributed by atoms with E-state index in [1.807, 2.05) is 0 Å². The summed E-state index contributed by atoms with van der Waals surface area (Å²) < 4.78 is 11.1. The van der Waals surface area contributed by atoms with Gasteiger partial charge in [-0.05, 0) is 6.42 Å². The molecule has 0 radical (unpaired) electrons. The molecule has 1 aliphatic heterocycles. The Morgan fingerprint density at radius 3 is 3.00 bits per heavy atom. The van der Waals surface area contributed by atoms with Gasteiger partial charge in [-0.2, -0.15) is 0 Å². The van der Waals surface area contributed by atoms with Crippen molar-refractivity contribution in [2.24, 2.45) is 0 Å². The molecule has 1 saturated heterocycles. The quantitative estimate of drug-likeness (QED) is 0.542. The SMILES string of the molecule is COCCCn1c(SCC(=O)N2CCOC2=O)n[nH]c1=O. The van der Waals surface area contributed by atoms with Gasteiger partial charge in [-0.3, -0.25) is 9.36 Å². The number of aromatic nitrogens is 3. The molecule has 2 rings (SSSR count). The van der Waals surface area contributed by atoms with E-state index in [1.165, 1.54) is 4.57 Å². The number of hydrogen-bond acceptors (Lipinski definition) is 7. The predicted octanol–water partition coefficient (Wildman–Crippen LogP) is -0.321. The molecule has 0 aromatic carbocycles. The van der Waals surface area contributed by atoms with Gasteiger partial charge in [0.25, 0.3) is 0 Å². The maximum atomic E-state index is 11.9. The Morgan fingerprint density at radius 2 is 2.33 bits per heavy atom. The molecule has 2 amide bonds. The van der Waals surface area contributed by atoms with Gasteiger partial charge in [0.2, 0.25) is 5.91 Å². The summed E-state index contributed by atoms with van der Waals surface area (Å²) in [6, 6.07) is 0. The highest BCUT2D eigenvalue weighted by Gasteiger charge is 2.28. The number of nitrogens with one attached hydrogen (secondary N) is 1. The lowest BCUT2D eigenvalue weighted by atomic mass is 10.4. The van der Waals surface area contributed by atoms with Crippen molar-refractivity contribution in [1.29, 1.82) is 0 Å². The number of carbonyl (C=O) groups is 2. The molecule has 9 nitrogen and oxygen atoms in total. The van der Waals surface area contributed by atoms with Crippen molar-refractivity contribution >= 4 is 23.8 Å². The second-order valence-electron chi connectivity index (χ2n) is 4.26. The minimum Gasteiger partial charge on any atom is -0.447 e. The summed E-state index contributed by atoms with van der Waals surface area (Å²) in [4.78, 5) is 35.8. The first-order valence-corrected chi connectivity index (χ1v) is 7.36. The number of amides is 2. The molecule has 0 unspecified atom stereocenters. The average molecular weight is 316 g/mol. The van der Waals surface area contributed by atoms with E-state index in [9.17, 15) is 14.4 Å². The molecular weight excluding hydrogens is 300 g/mol. The van der Waals surface area contributed by atoms with Gasteiger partial charge in [0.15, 0.2) is 5.16 Å². The fraction of sp³-hybridized carbons (Fsp3) is 0.636. The third kappa shape index (κ3) is 3.85. The van der Waals surface area contributed by atoms with Crippen LogP contribution in [0.2, 0.25) is 0 Å². The highest BCUT2D eigenvalue weighted by molar-refractivity contribution is 7.99. The molecule has 0 bridgehead atoms. The Labute approximate surface area is 124 Å². The second kappa shape index (κ2) is 7.27. The van der Waals surface area contributed by atoms with E-state index >= 15 is 0 Å². The molecule has 0 saturated carbocycles. The molecule has 1 aliphatic rings. The number of aromatic amines is 1. The van der Waals surface area contributed by atoms with Crippen LogP contribution in [0.15, 0.2) is 9.95 Å². The highest BCUT2D eigenvalue weighted by atomic mass is 32.2. The van der Waals surface area contributed by atoms with Crippen molar-refractivity contribution in [3.8, 4) is 0 Å². The van der Waals surface area contributed by atoms with E-state index in [1.54, 1.807) is 7.11 Å². The summed E-state index contributed by atoms with van der Waals surface area (Å²) in [5, 5.41) is 6.63. The number of H-pyrrole nitrogens is 1. The van der Waals surface area contributed by atoms with E-state index in [-0.39, 0.29) is 30.5 Å². The summed E-state index contributed by atoms with van der Waals surface area (Å²) in [6.07, 6.45) is 0.0377. The fourth-order valence-electron chi connectivity index (χ4n) is 1.80. The van der Waals surface area contributed by atoms with Crippen LogP contribution in [0.5, 0.6) is 0 Å². The molecule has 21 heavy (non-hydrogen) atoms. The smallest absolute Gasteiger partial charge is 0.416 e. The number of nitrogens with zero attached hydrogens (tertiary/aromatic N) is 3. The zero-order chi connectivity index (χ0) is 15.2. The molecule has 1 aromatic rings. The lowest BCUT2D eigenvalue weighted by Crippen LogP contribution is -2.33. The van der Waals surface area contributed by atoms with E-state index in [4.69, 9.17) is 9.47 Å². The Morgan fingerprint density at radius 1 is 1.52 bits per heavy atom. The number of ether oxygens (including phenoxy) is 2. The molecule has 2 heterocycles. The lowest BCUT2D eigenvalue weighted by molar-refractivity contribution is -0.125. The van der Waals surface area contributed by atoms with Crippen LogP contribution in [0.3, 0.4) is 0 Å². The second-order valence-corrected chi connectivity index (χ2v) is 5.20. The molecular formula is C11H16N4O5S. The number of rotatable bonds is 7. The summed E-state index contributed by atoms with van der Waals surface area (Å²) in [6.45, 7) is 1.46. The maximum Gasteiger partial charge on any atom is 0.416 e. The van der Waals surface area contributed by atoms with E-state index < -0.39 is 6.09 Å². The lowest BCUT2D eigenvalue weighted by Gasteiger charge is -2.10. The minimum absolute atomic E-state index is 0.0175. The maximum absolute atomic E-state index is 11.9. The van der Waals surface area contributed by atoms with Crippen LogP contribution in [-0.2, 0) is 20.8 Å². The fourth-order valence-corrected chi connectivity index (χ4v) is 2.65. The van der Waals surface area contributed by atoms with Gasteiger partial charge in [-0.25, -0.2) is 19.6 Å². The van der Waals surface area contributed by atoms with E-state index in [0.29, 0.717) is 24.7 Å². The number of cyclic esters (lactones) is 1. The van der Waals surface area contributed by atoms with Crippen LogP contribution in [0, 0.1) is 0 Å². The van der Waals surface area contributed by atoms with Crippen LogP contribution >= 0.6 is 11.8 Å². The summed E-state index contributed by atoms with van der Waals surface area (Å²) >= 11 is 1.10. The largest absolute Gasteiger partial charge is 0.447 e. The third-order valence-electron chi connectivity index (χ3n) is 2.84. The summed E-state index contributed by atoms with van der Waals surface area (Å²) in [5.41, 5.74) is -0.332. The number of thioether (sulfide) groups is 1. The third-order valence-corrected chi connectivity index (χ3v) is 3.80. The van der Waals surface area contributed by atoms with Crippen molar-refractivity contribution in [3.63, 3.8) is 0 Å². The minimum atomic E-state index is -0.625. The van der Waals surface area contributed by atoms with Gasteiger partial charge < -0.3 is 9.47 Å². The molecule has 0 aliphatic carbocycles. The zero-order valence-corrected chi connectivity index (χ0v) is 12.4. The van der Waals surface area contributed by atoms with E-state index in [2.05, 4.69) is 10.2 Å². The summed E-state index contributed by atoms with van der Waals surface area (Å²) in [7, 11) is 1.58. The van der Waals surface area contributed by atoms with Crippen molar-refractivity contribution in [3.05, 3.63) is 10.5 Å². The molecule has 1 fully saturated rings.